The second-order valence-corrected chi connectivity index (χ2v) is 33.0. The Morgan fingerprint density at radius 1 is 0.240 bits per heavy atom. The van der Waals surface area contributed by atoms with Gasteiger partial charge >= 0.3 is 0 Å². The number of hydrogen-bond acceptors (Lipinski definition) is 5. The predicted octanol–water partition coefficient (Wildman–Crippen LogP) is 30.7. The predicted molar refractivity (Wildman–Crippen MR) is 502 cm³/mol. The van der Waals surface area contributed by atoms with Gasteiger partial charge in [0.15, 0.2) is 0 Å². The molecule has 6 heteroatoms. The molecular weight excluding hydrogens is 1470 g/mol. The third-order valence-electron chi connectivity index (χ3n) is 26.3. The summed E-state index contributed by atoms with van der Waals surface area (Å²) >= 11 is 0. The summed E-state index contributed by atoms with van der Waals surface area (Å²) in [5, 5.41) is 7.00. The van der Waals surface area contributed by atoms with E-state index in [0.717, 1.165) is 106 Å². The summed E-state index contributed by atoms with van der Waals surface area (Å²) in [4.78, 5) is 7.28. The first-order valence-corrected chi connectivity index (χ1v) is 42.0. The molecule has 0 unspecified atom stereocenters. The first-order valence-electron chi connectivity index (χ1n) is 42.0. The van der Waals surface area contributed by atoms with Crippen LogP contribution in [-0.2, 0) is 16.2 Å². The van der Waals surface area contributed by atoms with Gasteiger partial charge < -0.3 is 28.1 Å². The molecule has 0 radical (unpaired) electrons. The molecule has 2 aliphatic heterocycles. The first kappa shape index (κ1) is 71.1. The Morgan fingerprint density at radius 3 is 1.15 bits per heavy atom. The van der Waals surface area contributed by atoms with Crippen molar-refractivity contribution in [1.29, 1.82) is 0 Å². The van der Waals surface area contributed by atoms with Gasteiger partial charge in [0.05, 0.1) is 44.6 Å². The molecule has 3 aromatic heterocycles. The molecule has 24 rings (SSSR count). The van der Waals surface area contributed by atoms with Crippen molar-refractivity contribution in [2.24, 2.45) is 0 Å². The van der Waals surface area contributed by atoms with Gasteiger partial charge in [-0.2, -0.15) is 0 Å². The molecule has 0 amide bonds. The number of rotatable bonds is 11. The van der Waals surface area contributed by atoms with Crippen LogP contribution < -0.4 is 14.7 Å². The molecular formula is C115H82N4O2. The van der Waals surface area contributed by atoms with E-state index in [1.54, 1.807) is 0 Å². The maximum Gasteiger partial charge on any atom is 0.140 e. The Bertz CT molecular complexity index is 7580. The normalized spacial score (nSPS) is 13.8. The zero-order chi connectivity index (χ0) is 80.7. The SMILES string of the molecule is Cc1ccccc1C1(c2cccc3c2oc2ccccc23)c2ccccc2N(c2ccc(-c3ccc4c(c3)c3ccccc3n4-c3ccccc3)cc2)c2ccccc21.Cc1ccccc1C1(c2cccc3c2oc2ccccc23)c2ccccc2N(c2ccc(N(c3ccccc3)c3ccc4c(c3)C(C)(C)c3ccccc3-4)cc2)c2ccccc21. The highest BCUT2D eigenvalue weighted by Gasteiger charge is 2.51. The van der Waals surface area contributed by atoms with Crippen LogP contribution in [0.3, 0.4) is 0 Å². The van der Waals surface area contributed by atoms with Crippen LogP contribution in [0.5, 0.6) is 0 Å². The molecule has 0 fully saturated rings. The van der Waals surface area contributed by atoms with Gasteiger partial charge in [0, 0.05) is 83.0 Å². The fourth-order valence-electron chi connectivity index (χ4n) is 21.0. The largest absolute Gasteiger partial charge is 0.456 e. The summed E-state index contributed by atoms with van der Waals surface area (Å²) in [6.07, 6.45) is 0. The smallest absolute Gasteiger partial charge is 0.140 e. The number of fused-ring (bicyclic) bond motifs is 16. The standard InChI is InChI=1S/C59H44N2O.C56H38N2O/c1-39-18-7-10-24-48(39)59(52-28-17-23-47-46-22-9-16-31-56(46)62-57(47)52)50-26-12-14-29-54(50)61(55-30-15-13-27-51(55)59)42-34-32-41(33-35-42)60(40-19-5-4-6-20-40)43-36-37-45-44-21-8-11-25-49(44)58(2,3)53(45)38-43;1-37-16-5-8-22-46(37)56(49-25-15-21-44-43-20-7-14-29-54(43)59-55(44)49)47-23-9-12-27-52(47)58(53-28-13-10-24-48(53)56)41-33-30-38(31-34-41)39-32-35-51-45(36-39)42-19-6-11-26-50(42)57(51)40-17-3-2-4-18-40/h4-38H,1-3H3;2-36H,1H3. The minimum Gasteiger partial charge on any atom is -0.456 e. The van der Waals surface area contributed by atoms with Crippen molar-refractivity contribution >= 4 is 117 Å². The number of aryl methyl sites for hydroxylation is 2. The van der Waals surface area contributed by atoms with Gasteiger partial charge in [-0.3, -0.25) is 0 Å². The number of furan rings is 2. The van der Waals surface area contributed by atoms with Gasteiger partial charge in [0.25, 0.3) is 0 Å². The van der Waals surface area contributed by atoms with Crippen molar-refractivity contribution in [2.75, 3.05) is 14.7 Å². The van der Waals surface area contributed by atoms with Crippen molar-refractivity contribution < 1.29 is 8.83 Å². The van der Waals surface area contributed by atoms with Crippen LogP contribution >= 0.6 is 0 Å². The van der Waals surface area contributed by atoms with Gasteiger partial charge in [-0.15, -0.1) is 0 Å². The highest BCUT2D eigenvalue weighted by atomic mass is 16.3. The molecule has 3 aliphatic rings. The molecule has 0 saturated carbocycles. The molecule has 0 atom stereocenters. The second kappa shape index (κ2) is 28.0. The van der Waals surface area contributed by atoms with Crippen LogP contribution in [0.4, 0.5) is 51.2 Å². The van der Waals surface area contributed by atoms with E-state index in [1.165, 1.54) is 105 Å². The van der Waals surface area contributed by atoms with Crippen LogP contribution in [0.15, 0.2) is 433 Å². The zero-order valence-corrected chi connectivity index (χ0v) is 67.5. The van der Waals surface area contributed by atoms with Crippen LogP contribution in [0.2, 0.25) is 0 Å². The number of nitrogens with zero attached hydrogens (tertiary/aromatic N) is 4. The minimum atomic E-state index is -0.687. The first-order chi connectivity index (χ1) is 59.6. The molecule has 0 saturated heterocycles. The van der Waals surface area contributed by atoms with Gasteiger partial charge in [0.1, 0.15) is 22.3 Å². The Balaban J connectivity index is 0.000000141. The fourth-order valence-corrected chi connectivity index (χ4v) is 21.0. The summed E-state index contributed by atoms with van der Waals surface area (Å²) in [5.74, 6) is 0. The molecule has 0 bridgehead atoms. The lowest BCUT2D eigenvalue weighted by Crippen LogP contribution is -2.38. The molecule has 121 heavy (non-hydrogen) atoms. The maximum absolute atomic E-state index is 6.91. The minimum absolute atomic E-state index is 0.105. The van der Waals surface area contributed by atoms with Crippen LogP contribution in [0.25, 0.3) is 93.6 Å². The van der Waals surface area contributed by atoms with Crippen LogP contribution in [-0.4, -0.2) is 4.57 Å². The molecule has 5 heterocycles. The fraction of sp³-hybridized carbons (Fsp3) is 0.0609. The molecule has 0 spiro atoms. The number of benzene rings is 18. The molecule has 0 N–H and O–H groups in total. The van der Waals surface area contributed by atoms with Crippen LogP contribution in [0.1, 0.15) is 80.6 Å². The van der Waals surface area contributed by atoms with Crippen molar-refractivity contribution in [3.8, 4) is 27.9 Å². The number of hydrogen-bond donors (Lipinski definition) is 0. The highest BCUT2D eigenvalue weighted by molar-refractivity contribution is 6.12. The van der Waals surface area contributed by atoms with Gasteiger partial charge in [-0.1, -0.05) is 311 Å². The number of para-hydroxylation sites is 11. The van der Waals surface area contributed by atoms with E-state index in [9.17, 15) is 0 Å². The molecule has 21 aromatic rings. The Labute approximate surface area is 703 Å². The Morgan fingerprint density at radius 2 is 0.620 bits per heavy atom. The average Bonchev–Trinajstić information content (AvgIpc) is 1.52. The quantitative estimate of drug-likeness (QED) is 0.129. The summed E-state index contributed by atoms with van der Waals surface area (Å²) in [6, 6.07) is 155. The lowest BCUT2D eigenvalue weighted by Gasteiger charge is -2.46. The molecule has 574 valence electrons. The third-order valence-corrected chi connectivity index (χ3v) is 26.3. The monoisotopic (exact) mass is 1550 g/mol. The average molecular weight is 1550 g/mol. The number of anilines is 9. The van der Waals surface area contributed by atoms with Crippen molar-refractivity contribution in [1.82, 2.24) is 4.57 Å². The van der Waals surface area contributed by atoms with Gasteiger partial charge in [0.2, 0.25) is 0 Å². The Hall–Kier alpha value is -15.2. The van der Waals surface area contributed by atoms with E-state index in [-0.39, 0.29) is 5.41 Å². The van der Waals surface area contributed by atoms with Crippen molar-refractivity contribution in [3.05, 3.63) is 491 Å². The second-order valence-electron chi connectivity index (χ2n) is 33.0. The highest BCUT2D eigenvalue weighted by Crippen LogP contribution is 2.63. The van der Waals surface area contributed by atoms with Crippen molar-refractivity contribution in [2.45, 2.75) is 43.9 Å². The van der Waals surface area contributed by atoms with Crippen LogP contribution in [0, 0.1) is 13.8 Å². The molecule has 18 aromatic carbocycles. The lowest BCUT2D eigenvalue weighted by atomic mass is 9.61. The maximum atomic E-state index is 6.91. The Kier molecular flexibility index (Phi) is 16.4. The summed E-state index contributed by atoms with van der Waals surface area (Å²) < 4.78 is 16.2. The number of aromatic nitrogens is 1. The van der Waals surface area contributed by atoms with E-state index in [0.29, 0.717) is 0 Å². The summed E-state index contributed by atoms with van der Waals surface area (Å²) in [5.41, 5.74) is 35.6. The summed E-state index contributed by atoms with van der Waals surface area (Å²) in [7, 11) is 0. The van der Waals surface area contributed by atoms with Gasteiger partial charge in [-0.25, -0.2) is 0 Å². The van der Waals surface area contributed by atoms with E-state index in [2.05, 4.69) is 472 Å². The van der Waals surface area contributed by atoms with E-state index < -0.39 is 10.8 Å². The van der Waals surface area contributed by atoms with E-state index in [4.69, 9.17) is 8.83 Å². The van der Waals surface area contributed by atoms with Gasteiger partial charge in [-0.05, 0) is 219 Å². The third kappa shape index (κ3) is 10.8. The zero-order valence-electron chi connectivity index (χ0n) is 67.5. The lowest BCUT2D eigenvalue weighted by molar-refractivity contribution is 0.642. The summed E-state index contributed by atoms with van der Waals surface area (Å²) in [6.45, 7) is 9.18. The van der Waals surface area contributed by atoms with E-state index in [1.807, 2.05) is 0 Å². The topological polar surface area (TPSA) is 40.9 Å². The van der Waals surface area contributed by atoms with Crippen molar-refractivity contribution in [3.63, 3.8) is 0 Å². The molecule has 6 nitrogen and oxygen atoms in total. The molecule has 1 aliphatic carbocycles. The van der Waals surface area contributed by atoms with E-state index >= 15 is 0 Å².